The average molecular weight is 471 g/mol. The lowest BCUT2D eigenvalue weighted by Gasteiger charge is -2.12. The number of aryl methyl sites for hydroxylation is 1. The number of oxime groups is 2. The summed E-state index contributed by atoms with van der Waals surface area (Å²) in [6, 6.07) is 7.88. The number of carbonyl (C=O) groups excluding carboxylic acids is 1. The molecule has 0 unspecified atom stereocenters. The topological polar surface area (TPSA) is 81.5 Å². The zero-order valence-electron chi connectivity index (χ0n) is 18.8. The van der Waals surface area contributed by atoms with Gasteiger partial charge in [-0.05, 0) is 45.6 Å². The van der Waals surface area contributed by atoms with Crippen LogP contribution in [0.2, 0.25) is 0 Å². The van der Waals surface area contributed by atoms with E-state index in [0.717, 1.165) is 17.7 Å². The number of alkyl halides is 3. The fraction of sp³-hybridized carbons (Fsp3) is 0.318. The summed E-state index contributed by atoms with van der Waals surface area (Å²) >= 11 is 0. The first-order chi connectivity index (χ1) is 15.6. The molecule has 11 heteroatoms. The van der Waals surface area contributed by atoms with Gasteiger partial charge in [0.15, 0.2) is 6.29 Å². The monoisotopic (exact) mass is 471 g/mol. The van der Waals surface area contributed by atoms with Crippen LogP contribution in [-0.2, 0) is 21.1 Å². The van der Waals surface area contributed by atoms with Crippen molar-refractivity contribution in [2.75, 3.05) is 21.2 Å². The number of rotatable bonds is 8. The second-order valence-corrected chi connectivity index (χ2v) is 6.52. The van der Waals surface area contributed by atoms with Gasteiger partial charge in [0, 0.05) is 22.8 Å². The van der Waals surface area contributed by atoms with Crippen molar-refractivity contribution >= 4 is 17.7 Å². The number of hydrogen-bond donors (Lipinski definition) is 1. The van der Waals surface area contributed by atoms with E-state index in [2.05, 4.69) is 25.2 Å². The van der Waals surface area contributed by atoms with Crippen molar-refractivity contribution in [3.05, 3.63) is 64.5 Å². The van der Waals surface area contributed by atoms with E-state index in [0.29, 0.717) is 23.5 Å². The van der Waals surface area contributed by atoms with Crippen molar-refractivity contribution in [1.29, 1.82) is 0 Å². The number of aldehydes is 1. The van der Waals surface area contributed by atoms with Crippen LogP contribution in [0.4, 0.5) is 17.6 Å². The summed E-state index contributed by atoms with van der Waals surface area (Å²) in [6.45, 7) is 3.17. The molecule has 2 aromatic rings. The molecule has 0 aliphatic heterocycles. The van der Waals surface area contributed by atoms with Crippen molar-refractivity contribution in [3.63, 3.8) is 0 Å². The Morgan fingerprint density at radius 3 is 2.33 bits per heavy atom. The summed E-state index contributed by atoms with van der Waals surface area (Å²) in [5.74, 6) is -1.63. The minimum absolute atomic E-state index is 0.0518. The first-order valence-electron chi connectivity index (χ1n) is 9.53. The number of carbonyl (C=O) groups is 1. The molecule has 0 aliphatic carbocycles. The maximum atomic E-state index is 14.1. The van der Waals surface area contributed by atoms with Crippen LogP contribution in [0.25, 0.3) is 0 Å². The van der Waals surface area contributed by atoms with Gasteiger partial charge in [0.1, 0.15) is 31.0 Å². The van der Waals surface area contributed by atoms with E-state index < -0.39 is 17.9 Å². The minimum Gasteiger partial charge on any atom is -0.406 e. The molecule has 33 heavy (non-hydrogen) atoms. The molecule has 7 nitrogen and oxygen atoms in total. The quantitative estimate of drug-likeness (QED) is 0.268. The second-order valence-electron chi connectivity index (χ2n) is 6.52. The van der Waals surface area contributed by atoms with E-state index in [1.54, 1.807) is 25.1 Å². The summed E-state index contributed by atoms with van der Waals surface area (Å²) < 4.78 is 54.5. The highest BCUT2D eigenvalue weighted by Gasteiger charge is 2.31. The first kappa shape index (κ1) is 27.6. The van der Waals surface area contributed by atoms with Crippen molar-refractivity contribution < 1.29 is 36.8 Å². The summed E-state index contributed by atoms with van der Waals surface area (Å²) in [7, 11) is 5.06. The minimum atomic E-state index is -4.92. The van der Waals surface area contributed by atoms with Crippen LogP contribution in [0, 0.1) is 12.7 Å². The van der Waals surface area contributed by atoms with Gasteiger partial charge in [-0.15, -0.1) is 13.2 Å². The van der Waals surface area contributed by atoms with Gasteiger partial charge in [-0.1, -0.05) is 28.5 Å². The van der Waals surface area contributed by atoms with Gasteiger partial charge in [-0.25, -0.2) is 4.39 Å². The third-order valence-electron chi connectivity index (χ3n) is 3.96. The van der Waals surface area contributed by atoms with Crippen LogP contribution in [0.3, 0.4) is 0 Å². The molecule has 0 spiro atoms. The fourth-order valence-electron chi connectivity index (χ4n) is 2.60. The van der Waals surface area contributed by atoms with Gasteiger partial charge < -0.3 is 19.7 Å². The molecule has 2 aromatic carbocycles. The molecule has 0 heterocycles. The molecule has 0 atom stereocenters. The highest BCUT2D eigenvalue weighted by Crippen LogP contribution is 2.25. The molecule has 2 rings (SSSR count). The number of nitrogens with zero attached hydrogens (tertiary/aromatic N) is 2. The first-order valence-corrected chi connectivity index (χ1v) is 9.53. The van der Waals surface area contributed by atoms with E-state index in [4.69, 9.17) is 4.84 Å². The van der Waals surface area contributed by atoms with E-state index in [-0.39, 0.29) is 23.6 Å². The van der Waals surface area contributed by atoms with Crippen LogP contribution >= 0.6 is 0 Å². The number of nitrogens with one attached hydrogen (secondary N) is 1. The number of benzene rings is 2. The van der Waals surface area contributed by atoms with Crippen molar-refractivity contribution in [3.8, 4) is 5.75 Å². The lowest BCUT2D eigenvalue weighted by molar-refractivity contribution is -0.274. The average Bonchev–Trinajstić information content (AvgIpc) is 2.72. The maximum absolute atomic E-state index is 14.1. The SMILES string of the molecule is CNC.CO/N=C(/C=O)c1cccc(C)c1CO/N=C(\C)c1ccc(OC(F)(F)F)cc1F. The van der Waals surface area contributed by atoms with E-state index in [1.807, 2.05) is 14.1 Å². The summed E-state index contributed by atoms with van der Waals surface area (Å²) in [5.41, 5.74) is 2.01. The zero-order chi connectivity index (χ0) is 25.0. The Hall–Kier alpha value is -3.47. The molecule has 180 valence electrons. The zero-order valence-corrected chi connectivity index (χ0v) is 18.8. The summed E-state index contributed by atoms with van der Waals surface area (Å²) in [5, 5.41) is 10.2. The van der Waals surface area contributed by atoms with Gasteiger partial charge in [-0.3, -0.25) is 4.79 Å². The van der Waals surface area contributed by atoms with Gasteiger partial charge in [-0.2, -0.15) is 0 Å². The van der Waals surface area contributed by atoms with E-state index >= 15 is 0 Å². The fourth-order valence-corrected chi connectivity index (χ4v) is 2.60. The van der Waals surface area contributed by atoms with Gasteiger partial charge in [0.2, 0.25) is 0 Å². The van der Waals surface area contributed by atoms with Gasteiger partial charge in [0.05, 0.1) is 5.71 Å². The van der Waals surface area contributed by atoms with E-state index in [1.165, 1.54) is 14.0 Å². The molecule has 0 bridgehead atoms. The Morgan fingerprint density at radius 1 is 1.12 bits per heavy atom. The third-order valence-corrected chi connectivity index (χ3v) is 3.96. The van der Waals surface area contributed by atoms with Crippen LogP contribution in [-0.4, -0.2) is 45.3 Å². The molecular weight excluding hydrogens is 446 g/mol. The predicted octanol–water partition coefficient (Wildman–Crippen LogP) is 4.36. The van der Waals surface area contributed by atoms with Crippen LogP contribution in [0.5, 0.6) is 5.75 Å². The number of ether oxygens (including phenoxy) is 1. The molecule has 0 amide bonds. The molecular formula is C22H25F4N3O4. The van der Waals surface area contributed by atoms with Crippen molar-refractivity contribution in [2.45, 2.75) is 26.8 Å². The normalized spacial score (nSPS) is 11.9. The van der Waals surface area contributed by atoms with Crippen LogP contribution in [0.1, 0.15) is 29.2 Å². The summed E-state index contributed by atoms with van der Waals surface area (Å²) in [6.07, 6.45) is -4.38. The lowest BCUT2D eigenvalue weighted by atomic mass is 9.99. The molecule has 0 saturated carbocycles. The maximum Gasteiger partial charge on any atom is 0.573 e. The van der Waals surface area contributed by atoms with Crippen molar-refractivity contribution in [2.24, 2.45) is 10.3 Å². The Kier molecular flexibility index (Phi) is 11.0. The molecule has 0 fully saturated rings. The highest BCUT2D eigenvalue weighted by atomic mass is 19.4. The molecule has 1 N–H and O–H groups in total. The predicted molar refractivity (Wildman–Crippen MR) is 116 cm³/mol. The number of halogens is 4. The highest BCUT2D eigenvalue weighted by molar-refractivity contribution is 6.36. The van der Waals surface area contributed by atoms with Crippen LogP contribution in [0.15, 0.2) is 46.7 Å². The third kappa shape index (κ3) is 8.89. The van der Waals surface area contributed by atoms with Gasteiger partial charge in [0.25, 0.3) is 0 Å². The molecule has 0 radical (unpaired) electrons. The van der Waals surface area contributed by atoms with Gasteiger partial charge >= 0.3 is 6.36 Å². The Bertz CT molecular complexity index is 992. The Labute approximate surface area is 189 Å². The Morgan fingerprint density at radius 2 is 1.79 bits per heavy atom. The van der Waals surface area contributed by atoms with Crippen molar-refractivity contribution in [1.82, 2.24) is 5.32 Å². The molecule has 0 saturated heterocycles. The standard InChI is InChI=1S/C20H18F4N2O4.C2H7N/c1-12-5-4-6-16(19(10-27)26-28-3)17(12)11-29-25-13(2)15-8-7-14(9-18(15)21)30-20(22,23)24;1-3-2/h4-10H,11H2,1-3H3;3H,1-2H3/b25-13+,26-19-;. The van der Waals surface area contributed by atoms with Crippen LogP contribution < -0.4 is 10.1 Å². The second kappa shape index (κ2) is 13.2. The number of hydrogen-bond acceptors (Lipinski definition) is 7. The molecule has 0 aromatic heterocycles. The van der Waals surface area contributed by atoms with E-state index in [9.17, 15) is 22.4 Å². The largest absolute Gasteiger partial charge is 0.573 e. The lowest BCUT2D eigenvalue weighted by Crippen LogP contribution is -2.17. The smallest absolute Gasteiger partial charge is 0.406 e. The Balaban J connectivity index is 0.00000172. The summed E-state index contributed by atoms with van der Waals surface area (Å²) in [4.78, 5) is 21.2. The molecule has 0 aliphatic rings.